The second-order valence-corrected chi connectivity index (χ2v) is 7.12. The van der Waals surface area contributed by atoms with Gasteiger partial charge in [0.25, 0.3) is 0 Å². The summed E-state index contributed by atoms with van der Waals surface area (Å²) in [4.78, 5) is 23.5. The molecule has 0 heterocycles. The fourth-order valence-electron chi connectivity index (χ4n) is 2.67. The van der Waals surface area contributed by atoms with Gasteiger partial charge in [0.15, 0.2) is 6.10 Å². The SMILES string of the molecule is COc1ccc(NC(=O)OCc2ccc(Cl)cc2F)cc1CC(OC(C)C)C(=O)O. The van der Waals surface area contributed by atoms with E-state index in [1.165, 1.54) is 19.2 Å². The molecule has 0 saturated carbocycles. The Morgan fingerprint density at radius 1 is 1.17 bits per heavy atom. The molecule has 1 amide bonds. The van der Waals surface area contributed by atoms with Gasteiger partial charge in [0.05, 0.1) is 13.2 Å². The second kappa shape index (κ2) is 10.8. The molecule has 30 heavy (non-hydrogen) atoms. The molecule has 0 saturated heterocycles. The number of hydrogen-bond donors (Lipinski definition) is 2. The first-order valence-electron chi connectivity index (χ1n) is 9.12. The van der Waals surface area contributed by atoms with E-state index in [-0.39, 0.29) is 29.7 Å². The lowest BCUT2D eigenvalue weighted by Gasteiger charge is -2.18. The van der Waals surface area contributed by atoms with Crippen molar-refractivity contribution in [2.24, 2.45) is 0 Å². The average molecular weight is 440 g/mol. The van der Waals surface area contributed by atoms with Crippen molar-refractivity contribution in [3.63, 3.8) is 0 Å². The van der Waals surface area contributed by atoms with E-state index < -0.39 is 24.0 Å². The van der Waals surface area contributed by atoms with Gasteiger partial charge in [-0.25, -0.2) is 14.0 Å². The number of halogens is 2. The number of ether oxygens (including phenoxy) is 3. The van der Waals surface area contributed by atoms with Crippen LogP contribution in [0.1, 0.15) is 25.0 Å². The minimum atomic E-state index is -1.10. The van der Waals surface area contributed by atoms with Crippen LogP contribution in [0.3, 0.4) is 0 Å². The van der Waals surface area contributed by atoms with E-state index in [0.717, 1.165) is 6.07 Å². The zero-order valence-electron chi connectivity index (χ0n) is 16.8. The van der Waals surface area contributed by atoms with Gasteiger partial charge in [0.1, 0.15) is 18.2 Å². The Labute approximate surface area is 178 Å². The molecule has 0 aromatic heterocycles. The molecule has 7 nitrogen and oxygen atoms in total. The Bertz CT molecular complexity index is 905. The van der Waals surface area contributed by atoms with Crippen molar-refractivity contribution in [2.45, 2.75) is 39.1 Å². The first-order valence-corrected chi connectivity index (χ1v) is 9.50. The highest BCUT2D eigenvalue weighted by Gasteiger charge is 2.22. The fourth-order valence-corrected chi connectivity index (χ4v) is 2.83. The highest BCUT2D eigenvalue weighted by Crippen LogP contribution is 2.25. The van der Waals surface area contributed by atoms with Gasteiger partial charge in [-0.1, -0.05) is 17.7 Å². The van der Waals surface area contributed by atoms with E-state index >= 15 is 0 Å². The Kier molecular flexibility index (Phi) is 8.44. The van der Waals surface area contributed by atoms with Crippen molar-refractivity contribution in [3.05, 3.63) is 58.4 Å². The second-order valence-electron chi connectivity index (χ2n) is 6.68. The number of aliphatic carboxylic acids is 1. The molecule has 2 N–H and O–H groups in total. The average Bonchev–Trinajstić information content (AvgIpc) is 2.66. The van der Waals surface area contributed by atoms with Gasteiger partial charge in [-0.2, -0.15) is 0 Å². The molecule has 2 rings (SSSR count). The number of nitrogens with one attached hydrogen (secondary N) is 1. The third kappa shape index (κ3) is 6.89. The summed E-state index contributed by atoms with van der Waals surface area (Å²) in [5.41, 5.74) is 1.08. The number of hydrogen-bond acceptors (Lipinski definition) is 5. The lowest BCUT2D eigenvalue weighted by Crippen LogP contribution is -2.29. The summed E-state index contributed by atoms with van der Waals surface area (Å²) in [6, 6.07) is 8.80. The normalized spacial score (nSPS) is 11.8. The summed E-state index contributed by atoms with van der Waals surface area (Å²) >= 11 is 5.69. The molecule has 0 spiro atoms. The quantitative estimate of drug-likeness (QED) is 0.590. The summed E-state index contributed by atoms with van der Waals surface area (Å²) in [5.74, 6) is -1.23. The van der Waals surface area contributed by atoms with Crippen LogP contribution >= 0.6 is 11.6 Å². The molecule has 0 bridgehead atoms. The van der Waals surface area contributed by atoms with Crippen LogP contribution in [0.15, 0.2) is 36.4 Å². The number of carboxylic acids is 1. The molecule has 2 aromatic rings. The lowest BCUT2D eigenvalue weighted by molar-refractivity contribution is -0.153. The highest BCUT2D eigenvalue weighted by molar-refractivity contribution is 6.30. The largest absolute Gasteiger partial charge is 0.496 e. The third-order valence-corrected chi connectivity index (χ3v) is 4.25. The maximum atomic E-state index is 13.8. The Hall–Kier alpha value is -2.84. The van der Waals surface area contributed by atoms with Gasteiger partial charge < -0.3 is 19.3 Å². The smallest absolute Gasteiger partial charge is 0.411 e. The molecule has 162 valence electrons. The molecule has 1 atom stereocenters. The van der Waals surface area contributed by atoms with E-state index in [4.69, 9.17) is 25.8 Å². The van der Waals surface area contributed by atoms with Crippen molar-refractivity contribution in [1.82, 2.24) is 0 Å². The molecule has 0 fully saturated rings. The van der Waals surface area contributed by atoms with Crippen LogP contribution in [0.5, 0.6) is 5.75 Å². The number of carboxylic acid groups (broad SMARTS) is 1. The zero-order valence-corrected chi connectivity index (χ0v) is 17.5. The van der Waals surface area contributed by atoms with Crippen LogP contribution in [0, 0.1) is 5.82 Å². The predicted molar refractivity (Wildman–Crippen MR) is 110 cm³/mol. The minimum Gasteiger partial charge on any atom is -0.496 e. The van der Waals surface area contributed by atoms with Crippen molar-refractivity contribution in [3.8, 4) is 5.75 Å². The summed E-state index contributed by atoms with van der Waals surface area (Å²) < 4.78 is 29.5. The van der Waals surface area contributed by atoms with Crippen LogP contribution in [-0.2, 0) is 27.3 Å². The maximum absolute atomic E-state index is 13.8. The Morgan fingerprint density at radius 3 is 2.50 bits per heavy atom. The molecule has 0 aliphatic rings. The van der Waals surface area contributed by atoms with Gasteiger partial charge in [-0.3, -0.25) is 5.32 Å². The Morgan fingerprint density at radius 2 is 1.90 bits per heavy atom. The van der Waals surface area contributed by atoms with Crippen molar-refractivity contribution in [1.29, 1.82) is 0 Å². The number of rotatable bonds is 9. The van der Waals surface area contributed by atoms with Gasteiger partial charge in [0, 0.05) is 22.7 Å². The molecule has 9 heteroatoms. The van der Waals surface area contributed by atoms with E-state index in [9.17, 15) is 19.1 Å². The molecular formula is C21H23ClFNO6. The molecule has 0 radical (unpaired) electrons. The van der Waals surface area contributed by atoms with Crippen molar-refractivity contribution < 1.29 is 33.3 Å². The number of amides is 1. The summed E-state index contributed by atoms with van der Waals surface area (Å²) in [6.45, 7) is 3.20. The zero-order chi connectivity index (χ0) is 22.3. The monoisotopic (exact) mass is 439 g/mol. The molecule has 0 aliphatic carbocycles. The molecule has 0 aliphatic heterocycles. The first-order chi connectivity index (χ1) is 14.2. The van der Waals surface area contributed by atoms with Crippen molar-refractivity contribution >= 4 is 29.4 Å². The third-order valence-electron chi connectivity index (χ3n) is 4.02. The van der Waals surface area contributed by atoms with E-state index in [2.05, 4.69) is 5.32 Å². The first kappa shape index (κ1) is 23.4. The molecule has 2 aromatic carbocycles. The topological polar surface area (TPSA) is 94.1 Å². The fraction of sp³-hybridized carbons (Fsp3) is 0.333. The van der Waals surface area contributed by atoms with Gasteiger partial charge >= 0.3 is 12.1 Å². The maximum Gasteiger partial charge on any atom is 0.411 e. The van der Waals surface area contributed by atoms with Crippen LogP contribution in [0.2, 0.25) is 5.02 Å². The van der Waals surface area contributed by atoms with Crippen LogP contribution < -0.4 is 10.1 Å². The molecular weight excluding hydrogens is 417 g/mol. The number of carbonyl (C=O) groups is 2. The van der Waals surface area contributed by atoms with Gasteiger partial charge in [-0.15, -0.1) is 0 Å². The number of anilines is 1. The van der Waals surface area contributed by atoms with E-state index in [1.807, 2.05) is 0 Å². The predicted octanol–water partition coefficient (Wildman–Crippen LogP) is 4.66. The van der Waals surface area contributed by atoms with Crippen LogP contribution in [0.4, 0.5) is 14.9 Å². The van der Waals surface area contributed by atoms with Crippen LogP contribution in [-0.4, -0.2) is 36.5 Å². The minimum absolute atomic E-state index is 0.0389. The van der Waals surface area contributed by atoms with Crippen molar-refractivity contribution in [2.75, 3.05) is 12.4 Å². The van der Waals surface area contributed by atoms with Gasteiger partial charge in [0.2, 0.25) is 0 Å². The molecule has 1 unspecified atom stereocenters. The summed E-state index contributed by atoms with van der Waals surface area (Å²) in [5, 5.41) is 12.2. The summed E-state index contributed by atoms with van der Waals surface area (Å²) in [7, 11) is 1.46. The standard InChI is InChI=1S/C21H23ClFNO6/c1-12(2)30-19(20(25)26)9-14-8-16(6-7-18(14)28-3)24-21(27)29-11-13-4-5-15(22)10-17(13)23/h4-8,10,12,19H,9,11H2,1-3H3,(H,24,27)(H,25,26). The van der Waals surface area contributed by atoms with Gasteiger partial charge in [-0.05, 0) is 49.7 Å². The van der Waals surface area contributed by atoms with Crippen LogP contribution in [0.25, 0.3) is 0 Å². The summed E-state index contributed by atoms with van der Waals surface area (Å²) in [6.07, 6.45) is -2.11. The highest BCUT2D eigenvalue weighted by atomic mass is 35.5. The number of carbonyl (C=O) groups excluding carboxylic acids is 1. The number of benzene rings is 2. The van der Waals surface area contributed by atoms with E-state index in [1.54, 1.807) is 32.0 Å². The number of methoxy groups -OCH3 is 1. The lowest BCUT2D eigenvalue weighted by atomic mass is 10.1. The Balaban J connectivity index is 2.07. The van der Waals surface area contributed by atoms with E-state index in [0.29, 0.717) is 17.0 Å².